The zero-order chi connectivity index (χ0) is 26.8. The number of ketones is 1. The van der Waals surface area contributed by atoms with E-state index in [0.717, 1.165) is 35.9 Å². The fourth-order valence-electron chi connectivity index (χ4n) is 8.26. The molecule has 5 rings (SSSR count). The van der Waals surface area contributed by atoms with Crippen molar-refractivity contribution in [3.05, 3.63) is 35.9 Å². The van der Waals surface area contributed by atoms with Gasteiger partial charge in [0.25, 0.3) is 0 Å². The van der Waals surface area contributed by atoms with Crippen LogP contribution in [0.2, 0.25) is 0 Å². The highest BCUT2D eigenvalue weighted by Crippen LogP contribution is 2.68. The molecule has 0 aromatic heterocycles. The second kappa shape index (κ2) is 9.27. The Balaban J connectivity index is 1.45. The summed E-state index contributed by atoms with van der Waals surface area (Å²) in [7, 11) is 1.73. The summed E-state index contributed by atoms with van der Waals surface area (Å²) in [5, 5.41) is 11.6. The van der Waals surface area contributed by atoms with E-state index in [0.29, 0.717) is 25.2 Å². The molecule has 0 spiro atoms. The van der Waals surface area contributed by atoms with Gasteiger partial charge in [0.1, 0.15) is 17.6 Å². The van der Waals surface area contributed by atoms with Gasteiger partial charge in [-0.15, -0.1) is 6.58 Å². The van der Waals surface area contributed by atoms with Crippen LogP contribution in [0.15, 0.2) is 24.8 Å². The highest BCUT2D eigenvalue weighted by molar-refractivity contribution is 6.49. The number of fused-ring (bicyclic) bond motifs is 1. The van der Waals surface area contributed by atoms with E-state index in [9.17, 15) is 14.7 Å². The van der Waals surface area contributed by atoms with Gasteiger partial charge in [-0.3, -0.25) is 4.79 Å². The van der Waals surface area contributed by atoms with Gasteiger partial charge >= 0.3 is 13.5 Å². The molecule has 0 amide bonds. The van der Waals surface area contributed by atoms with Crippen molar-refractivity contribution in [1.82, 2.24) is 0 Å². The van der Waals surface area contributed by atoms with Crippen LogP contribution in [-0.4, -0.2) is 43.2 Å². The minimum Gasteiger partial charge on any atom is -0.482 e. The molecule has 0 saturated heterocycles. The van der Waals surface area contributed by atoms with Gasteiger partial charge in [0.05, 0.1) is 12.7 Å². The molecular weight excluding hydrogens is 467 g/mol. The first kappa shape index (κ1) is 26.5. The van der Waals surface area contributed by atoms with E-state index in [1.165, 1.54) is 0 Å². The minimum atomic E-state index is -0.679. The third kappa shape index (κ3) is 3.91. The maximum atomic E-state index is 13.5. The third-order valence-corrected chi connectivity index (χ3v) is 10.9. The number of esters is 1. The zero-order valence-electron chi connectivity index (χ0n) is 22.8. The largest absolute Gasteiger partial charge is 0.482 e. The summed E-state index contributed by atoms with van der Waals surface area (Å²) in [5.74, 6) is 0.308. The van der Waals surface area contributed by atoms with Crippen molar-refractivity contribution in [2.24, 2.45) is 34.0 Å². The molecule has 37 heavy (non-hydrogen) atoms. The topological polar surface area (TPSA) is 82.1 Å². The van der Waals surface area contributed by atoms with E-state index >= 15 is 0 Å². The highest BCUT2D eigenvalue weighted by Gasteiger charge is 2.68. The molecule has 6 nitrogen and oxygen atoms in total. The number of ether oxygens (including phenoxy) is 2. The number of Topliss-reactive ketones (excluding diaryl/α,β-unsaturated/α-hetero) is 1. The number of rotatable bonds is 5. The van der Waals surface area contributed by atoms with Crippen molar-refractivity contribution < 1.29 is 28.8 Å². The van der Waals surface area contributed by atoms with Crippen molar-refractivity contribution in [2.45, 2.75) is 85.5 Å². The van der Waals surface area contributed by atoms with Gasteiger partial charge in [-0.25, -0.2) is 4.79 Å². The van der Waals surface area contributed by atoms with Crippen LogP contribution >= 0.6 is 0 Å². The highest BCUT2D eigenvalue weighted by atomic mass is 16.6. The first-order valence-electron chi connectivity index (χ1n) is 13.7. The minimum absolute atomic E-state index is 0.0534. The van der Waals surface area contributed by atoms with Crippen molar-refractivity contribution in [3.8, 4) is 5.75 Å². The predicted octanol–water partition coefficient (Wildman–Crippen LogP) is 4.06. The predicted molar refractivity (Wildman–Crippen MR) is 141 cm³/mol. The molecule has 3 saturated carbocycles. The van der Waals surface area contributed by atoms with E-state index in [1.807, 2.05) is 32.1 Å². The fraction of sp³-hybridized carbons (Fsp3) is 0.667. The molecule has 8 atom stereocenters. The molecule has 7 heteroatoms. The van der Waals surface area contributed by atoms with E-state index in [1.54, 1.807) is 7.48 Å². The molecular formula is C30H40BO6. The van der Waals surface area contributed by atoms with Crippen LogP contribution in [0, 0.1) is 40.9 Å². The Morgan fingerprint density at radius 3 is 2.78 bits per heavy atom. The number of carbonyl (C=O) groups is 2. The number of aliphatic hydroxyl groups is 1. The van der Waals surface area contributed by atoms with Crippen LogP contribution in [-0.2, 0) is 25.6 Å². The van der Waals surface area contributed by atoms with E-state index in [2.05, 4.69) is 27.4 Å². The zero-order valence-corrected chi connectivity index (χ0v) is 22.8. The van der Waals surface area contributed by atoms with Gasteiger partial charge < -0.3 is 19.2 Å². The summed E-state index contributed by atoms with van der Waals surface area (Å²) >= 11 is 0. The molecule has 0 unspecified atom stereocenters. The Morgan fingerprint density at radius 1 is 1.30 bits per heavy atom. The molecule has 199 valence electrons. The van der Waals surface area contributed by atoms with Crippen molar-refractivity contribution >= 4 is 24.7 Å². The van der Waals surface area contributed by atoms with Crippen LogP contribution in [0.4, 0.5) is 0 Å². The van der Waals surface area contributed by atoms with Crippen LogP contribution < -0.4 is 10.2 Å². The monoisotopic (exact) mass is 507 g/mol. The van der Waals surface area contributed by atoms with Gasteiger partial charge in [0.2, 0.25) is 0 Å². The second-order valence-electron chi connectivity index (χ2n) is 12.5. The second-order valence-corrected chi connectivity index (χ2v) is 12.5. The lowest BCUT2D eigenvalue weighted by Crippen LogP contribution is -2.63. The van der Waals surface area contributed by atoms with Gasteiger partial charge in [-0.05, 0) is 72.5 Å². The smallest absolute Gasteiger partial charge is 0.344 e. The molecule has 1 N–H and O–H groups in total. The molecule has 1 radical (unpaired) electrons. The number of aliphatic hydroxyl groups excluding tert-OH is 1. The summed E-state index contributed by atoms with van der Waals surface area (Å²) in [6.45, 7) is 14.8. The van der Waals surface area contributed by atoms with Crippen molar-refractivity contribution in [3.63, 3.8) is 0 Å². The van der Waals surface area contributed by atoms with Gasteiger partial charge in [0, 0.05) is 23.2 Å². The Morgan fingerprint density at radius 2 is 2.05 bits per heavy atom. The Hall–Kier alpha value is -2.12. The van der Waals surface area contributed by atoms with Crippen LogP contribution in [0.3, 0.4) is 0 Å². The van der Waals surface area contributed by atoms with Crippen molar-refractivity contribution in [2.75, 3.05) is 6.61 Å². The SMILES string of the molecule is C=C[C@]1(C)C[C@@H](OC(=O)COc2ccc3c(c2C)[B]OC3)[C@]2(C)[C@H](C)CC[C@]3(CCC(=O)[C@H]32)[C@@H](C)[C@@H]1O. The summed E-state index contributed by atoms with van der Waals surface area (Å²) < 4.78 is 17.6. The number of hydrogen-bond donors (Lipinski definition) is 1. The summed E-state index contributed by atoms with van der Waals surface area (Å²) in [5.41, 5.74) is 1.55. The van der Waals surface area contributed by atoms with E-state index < -0.39 is 29.0 Å². The molecule has 1 heterocycles. The van der Waals surface area contributed by atoms with Gasteiger partial charge in [-0.2, -0.15) is 0 Å². The molecule has 2 bridgehead atoms. The third-order valence-electron chi connectivity index (χ3n) is 10.9. The van der Waals surface area contributed by atoms with Gasteiger partial charge in [-0.1, -0.05) is 39.8 Å². The lowest BCUT2D eigenvalue weighted by Gasteiger charge is -2.61. The quantitative estimate of drug-likeness (QED) is 0.368. The Bertz CT molecular complexity index is 1120. The molecule has 3 aliphatic carbocycles. The maximum Gasteiger partial charge on any atom is 0.344 e. The number of carbonyl (C=O) groups excluding carboxylic acids is 2. The summed E-state index contributed by atoms with van der Waals surface area (Å²) in [4.78, 5) is 26.8. The average Bonchev–Trinajstić information content (AvgIpc) is 3.50. The van der Waals surface area contributed by atoms with Crippen molar-refractivity contribution in [1.29, 1.82) is 0 Å². The molecule has 3 fully saturated rings. The maximum absolute atomic E-state index is 13.5. The van der Waals surface area contributed by atoms with Crippen LogP contribution in [0.25, 0.3) is 0 Å². The van der Waals surface area contributed by atoms with Gasteiger partial charge in [0.15, 0.2) is 6.61 Å². The normalized spacial score (nSPS) is 40.6. The summed E-state index contributed by atoms with van der Waals surface area (Å²) in [6, 6.07) is 3.82. The lowest BCUT2D eigenvalue weighted by atomic mass is 9.44. The van der Waals surface area contributed by atoms with E-state index in [-0.39, 0.29) is 35.6 Å². The Labute approximate surface area is 221 Å². The first-order valence-corrected chi connectivity index (χ1v) is 13.7. The standard InChI is InChI=1S/C30H40BO6/c1-7-28(5)14-23(37-24(33)16-35-22-9-8-20-15-36-31-25(20)18(22)3)29(6)17(2)10-12-30(19(4)27(28)34)13-11-21(32)26(29)30/h7-9,17,19,23,26-27,34H,1,10-16H2,2-6H3/t17-,19+,23-,26+,27+,28-,29+,30+/m1/s1. The lowest BCUT2D eigenvalue weighted by molar-refractivity contribution is -0.207. The van der Waals surface area contributed by atoms with E-state index in [4.69, 9.17) is 14.1 Å². The Kier molecular flexibility index (Phi) is 6.63. The molecule has 1 aliphatic heterocycles. The average molecular weight is 507 g/mol. The molecule has 1 aromatic carbocycles. The fourth-order valence-corrected chi connectivity index (χ4v) is 8.26. The number of hydrogen-bond acceptors (Lipinski definition) is 6. The molecule has 4 aliphatic rings. The van der Waals surface area contributed by atoms with Crippen LogP contribution in [0.1, 0.15) is 70.9 Å². The summed E-state index contributed by atoms with van der Waals surface area (Å²) in [6.07, 6.45) is 4.17. The first-order chi connectivity index (χ1) is 17.5. The number of benzene rings is 1. The van der Waals surface area contributed by atoms with Crippen LogP contribution in [0.5, 0.6) is 5.75 Å². The molecule has 1 aromatic rings.